The summed E-state index contributed by atoms with van der Waals surface area (Å²) in [4.78, 5) is 91.0. The number of benzene rings is 8. The molecular weight excluding hydrogens is 1900 g/mol. The van der Waals surface area contributed by atoms with Crippen LogP contribution in [0.3, 0.4) is 0 Å². The SMILES string of the molecule is COc1ccc(C(=O)N2CCN(c3ccc(S(=O)(=O)Nc4ncccn4)cc3)CC2)cc1.Cc1ccc2c(c1)cc(C)n2C(C)C(=O)N1CCN(c2ccc(S(=O)(=O)Nc3ccncn3)cc2)CC1.Nc1nccs1.Nc1nccs1.O=C(CCCOc1ccc(Cl)cc1Cl)N1CCN(c2ccc(S(=O)[O-])cc2)CC1.O=C1[C@@H](N2CCCc3cc(F)ccc32)CCN1c1ccc(S(=O)[O-])cc1.[HH].[HH].[HH].[HH]. The monoisotopic (exact) mass is 2010 g/mol. The van der Waals surface area contributed by atoms with E-state index in [1.807, 2.05) is 39.3 Å². The Morgan fingerprint density at radius 3 is 1.68 bits per heavy atom. The number of aryl methyl sites for hydroxylation is 3. The Bertz CT molecular complexity index is 6460. The van der Waals surface area contributed by atoms with Gasteiger partial charge in [-0.3, -0.25) is 32.3 Å². The third-order valence-electron chi connectivity index (χ3n) is 22.8. The molecular formula is C94H108Cl2FN19O14S6-2. The summed E-state index contributed by atoms with van der Waals surface area (Å²) in [7, 11) is -5.93. The lowest BCUT2D eigenvalue weighted by Gasteiger charge is -2.37. The van der Waals surface area contributed by atoms with Crippen molar-refractivity contribution >= 4 is 173 Å². The van der Waals surface area contributed by atoms with E-state index in [4.69, 9.17) is 44.1 Å². The number of amides is 4. The Balaban J connectivity index is 0.000000199. The van der Waals surface area contributed by atoms with Crippen molar-refractivity contribution in [1.29, 1.82) is 0 Å². The Hall–Kier alpha value is -12.8. The second-order valence-corrected chi connectivity index (χ2v) is 39.5. The van der Waals surface area contributed by atoms with E-state index in [2.05, 4.69) is 94.7 Å². The molecule has 5 aliphatic heterocycles. The topological polar surface area (TPSA) is 420 Å². The number of thiazole rings is 2. The summed E-state index contributed by atoms with van der Waals surface area (Å²) in [6.45, 7) is 15.6. The van der Waals surface area contributed by atoms with Gasteiger partial charge in [0.2, 0.25) is 23.7 Å². The zero-order valence-corrected chi connectivity index (χ0v) is 81.0. The largest absolute Gasteiger partial charge is 0.768 e. The van der Waals surface area contributed by atoms with Crippen molar-refractivity contribution in [3.05, 3.63) is 280 Å². The molecule has 0 radical (unpaired) electrons. The van der Waals surface area contributed by atoms with Gasteiger partial charge in [-0.2, -0.15) is 0 Å². The number of rotatable bonds is 22. The molecule has 0 bridgehead atoms. The molecule has 8 aromatic carbocycles. The van der Waals surface area contributed by atoms with E-state index in [1.54, 1.807) is 170 Å². The van der Waals surface area contributed by atoms with Crippen LogP contribution in [0.4, 0.5) is 54.9 Å². The number of aromatic nitrogens is 7. The summed E-state index contributed by atoms with van der Waals surface area (Å²) in [5.41, 5.74) is 19.7. The molecule has 4 saturated heterocycles. The number of ether oxygens (including phenoxy) is 2. The number of halogens is 3. The summed E-state index contributed by atoms with van der Waals surface area (Å²) in [6, 6.07) is 54.3. The van der Waals surface area contributed by atoms with Crippen molar-refractivity contribution in [2.24, 2.45) is 0 Å². The maximum absolute atomic E-state index is 13.5. The normalized spacial score (nSPS) is 15.5. The minimum atomic E-state index is -3.77. The lowest BCUT2D eigenvalue weighted by molar-refractivity contribution is -0.134. The van der Waals surface area contributed by atoms with E-state index < -0.39 is 42.2 Å². The Kier molecular flexibility index (Phi) is 35.2. The smallest absolute Gasteiger partial charge is 0.264 e. The summed E-state index contributed by atoms with van der Waals surface area (Å²) in [5, 5.41) is 7.11. The van der Waals surface area contributed by atoms with Crippen LogP contribution in [0.25, 0.3) is 10.9 Å². The highest BCUT2D eigenvalue weighted by Crippen LogP contribution is 2.36. The lowest BCUT2D eigenvalue weighted by atomic mass is 9.99. The average Bonchev–Trinajstić information content (AvgIpc) is 1.62. The maximum atomic E-state index is 13.5. The first-order chi connectivity index (χ1) is 65.4. The molecule has 4 fully saturated rings. The van der Waals surface area contributed by atoms with Crippen molar-refractivity contribution in [3.63, 3.8) is 0 Å². The minimum absolute atomic E-state index is 0. The molecule has 0 saturated carbocycles. The second-order valence-electron chi connectivity index (χ2n) is 31.5. The van der Waals surface area contributed by atoms with Gasteiger partial charge in [0.05, 0.1) is 28.5 Å². The summed E-state index contributed by atoms with van der Waals surface area (Å²) in [6.07, 6.45) is 12.5. The van der Waals surface area contributed by atoms with Crippen molar-refractivity contribution < 1.29 is 73.1 Å². The fourth-order valence-corrected chi connectivity index (χ4v) is 19.8. The van der Waals surface area contributed by atoms with Crippen LogP contribution in [0, 0.1) is 19.7 Å². The molecule has 13 aromatic rings. The van der Waals surface area contributed by atoms with Crippen LogP contribution in [-0.4, -0.2) is 219 Å². The molecule has 33 nitrogen and oxygen atoms in total. The van der Waals surface area contributed by atoms with E-state index in [0.717, 1.165) is 64.3 Å². The number of anilines is 9. The number of sulfonamides is 2. The van der Waals surface area contributed by atoms with Crippen molar-refractivity contribution in [3.8, 4) is 11.5 Å². The van der Waals surface area contributed by atoms with Crippen LogP contribution < -0.4 is 54.9 Å². The van der Waals surface area contributed by atoms with Crippen molar-refractivity contribution in [2.45, 2.75) is 84.5 Å². The van der Waals surface area contributed by atoms with Gasteiger partial charge < -0.3 is 73.8 Å². The average molecular weight is 2010 g/mol. The number of nitrogens with two attached hydrogens (primary N) is 2. The van der Waals surface area contributed by atoms with Gasteiger partial charge in [0.15, 0.2) is 10.3 Å². The first-order valence-electron chi connectivity index (χ1n) is 43.2. The predicted molar refractivity (Wildman–Crippen MR) is 536 cm³/mol. The van der Waals surface area contributed by atoms with Crippen LogP contribution in [0.1, 0.15) is 71.5 Å². The van der Waals surface area contributed by atoms with Gasteiger partial charge in [-0.25, -0.2) is 55.9 Å². The fraction of sp³-hybridized carbons (Fsp3) is 0.277. The third-order valence-corrected chi connectivity index (χ3v) is 28.5. The Labute approximate surface area is 816 Å². The van der Waals surface area contributed by atoms with Crippen LogP contribution in [0.15, 0.2) is 262 Å². The summed E-state index contributed by atoms with van der Waals surface area (Å²) in [5.74, 6) is 1.46. The molecule has 0 aliphatic carbocycles. The van der Waals surface area contributed by atoms with Gasteiger partial charge in [-0.05, 0) is 262 Å². The number of methoxy groups -OCH3 is 1. The van der Waals surface area contributed by atoms with Crippen LogP contribution in [-0.2, 0) is 63.0 Å². The van der Waals surface area contributed by atoms with Gasteiger partial charge >= 0.3 is 0 Å². The number of hydrogen-bond donors (Lipinski definition) is 4. The highest BCUT2D eigenvalue weighted by atomic mass is 35.5. The minimum Gasteiger partial charge on any atom is -0.768 e. The number of carbonyl (C=O) groups excluding carboxylic acids is 4. The molecule has 4 amide bonds. The molecule has 4 atom stereocenters. The maximum Gasteiger partial charge on any atom is 0.264 e. The molecule has 0 spiro atoms. The number of piperazine rings is 3. The molecule has 5 aromatic heterocycles. The predicted octanol–water partition coefficient (Wildman–Crippen LogP) is 14.8. The molecule has 6 N–H and O–H groups in total. The van der Waals surface area contributed by atoms with Crippen LogP contribution >= 0.6 is 45.9 Å². The summed E-state index contributed by atoms with van der Waals surface area (Å²) < 4.78 is 125. The number of nitrogens with zero attached hydrogens (tertiary/aromatic N) is 15. The summed E-state index contributed by atoms with van der Waals surface area (Å²) >= 11 is 10.3. The number of nitrogens with one attached hydrogen (secondary N) is 2. The van der Waals surface area contributed by atoms with E-state index in [-0.39, 0.29) is 78.6 Å². The number of carbonyl (C=O) groups is 4. The van der Waals surface area contributed by atoms with Gasteiger partial charge in [-0.1, -0.05) is 34.8 Å². The molecule has 136 heavy (non-hydrogen) atoms. The molecule has 722 valence electrons. The van der Waals surface area contributed by atoms with E-state index >= 15 is 0 Å². The Morgan fingerprint density at radius 2 is 1.15 bits per heavy atom. The van der Waals surface area contributed by atoms with Gasteiger partial charge in [-0.15, -0.1) is 22.7 Å². The van der Waals surface area contributed by atoms with E-state index in [1.165, 1.54) is 77.4 Å². The fourth-order valence-electron chi connectivity index (χ4n) is 15.9. The molecule has 18 rings (SSSR count). The standard InChI is InChI=1S/C27H30N6O3S.C22H23N5O4S.C20H22Cl2N2O4S.C19H19FN2O3S.2C3H4N2S.4H2/c1-19-4-9-25-22(16-19)17-20(2)33(25)21(3)27(34)32-14-12-31(13-15-32)23-5-7-24(8-6-23)37(35,36)30-26-10-11-28-18-29-26;1-31-19-7-3-17(4-8-19)21(28)27-15-13-26(14-16-27)18-5-9-20(10-6-18)32(29,30)25-22-23-11-2-12-24-22;21-15-3-8-19(18(22)14-15)28-13-1-2-20(25)24-11-9-23(10-12-24)16-4-6-17(7-5-16)29(26)27;20-14-3-8-17-13(12-14)2-1-10-22(17)18-9-11-21(19(18)23)15-4-6-16(7-5-15)26(24)25;2*4-3-5-1-2-6-3;;;;/h4-11,16-18,21H,12-15H2,1-3H3,(H,28,29,30);2-12H,13-16H2,1H3,(H,23,24,25);3-8,14H,1-2,9-13H2,(H,26,27);3-8,12,18H,1-2,9-11H2,(H,24,25);2*1-2H,(H2,4,5);4*1H/p-2/t;;;18-;;;;;;/m...0....../s1. The molecule has 5 aliphatic rings. The van der Waals surface area contributed by atoms with Gasteiger partial charge in [0, 0.05) is 211 Å². The van der Waals surface area contributed by atoms with Gasteiger partial charge in [0.1, 0.15) is 41.5 Å². The highest BCUT2D eigenvalue weighted by Gasteiger charge is 2.39. The highest BCUT2D eigenvalue weighted by molar-refractivity contribution is 7.93. The van der Waals surface area contributed by atoms with Crippen molar-refractivity contribution in [2.75, 3.05) is 151 Å². The zero-order chi connectivity index (χ0) is 96.6. The number of hydrogen-bond acceptors (Lipinski definition) is 28. The van der Waals surface area contributed by atoms with E-state index in [0.29, 0.717) is 154 Å². The molecule has 10 heterocycles. The van der Waals surface area contributed by atoms with Crippen LogP contribution in [0.5, 0.6) is 11.5 Å². The number of nitrogen functional groups attached to an aromatic ring is 2. The second kappa shape index (κ2) is 47.6. The molecule has 3 unspecified atom stereocenters. The lowest BCUT2D eigenvalue weighted by Crippen LogP contribution is -2.50. The number of fused-ring (bicyclic) bond motifs is 2. The quantitative estimate of drug-likeness (QED) is 0.0361. The zero-order valence-electron chi connectivity index (χ0n) is 74.6. The van der Waals surface area contributed by atoms with Gasteiger partial charge in [0.25, 0.3) is 26.0 Å². The van der Waals surface area contributed by atoms with Crippen molar-refractivity contribution in [1.82, 2.24) is 49.2 Å². The first kappa shape index (κ1) is 101. The van der Waals surface area contributed by atoms with E-state index in [9.17, 15) is 57.9 Å². The first-order valence-corrected chi connectivity index (χ1v) is 50.8. The third kappa shape index (κ3) is 27.1. The molecule has 42 heteroatoms. The Morgan fingerprint density at radius 1 is 0.603 bits per heavy atom. The van der Waals surface area contributed by atoms with Crippen LogP contribution in [0.2, 0.25) is 10.0 Å².